The average molecular weight is 438 g/mol. The minimum absolute atomic E-state index is 0.0504. The molecule has 9 nitrogen and oxygen atoms in total. The van der Waals surface area contributed by atoms with Crippen LogP contribution in [-0.4, -0.2) is 36.2 Å². The van der Waals surface area contributed by atoms with Gasteiger partial charge in [-0.2, -0.15) is 0 Å². The number of nitro groups is 1. The maximum absolute atomic E-state index is 10.9. The molecule has 2 aromatic heterocycles. The van der Waals surface area contributed by atoms with Crippen molar-refractivity contribution in [2.45, 2.75) is 0 Å². The first-order chi connectivity index (χ1) is 15.0. The summed E-state index contributed by atoms with van der Waals surface area (Å²) in [6.45, 7) is 0. The second-order valence-electron chi connectivity index (χ2n) is 6.39. The highest BCUT2D eigenvalue weighted by Gasteiger charge is 2.16. The molecule has 0 bridgehead atoms. The maximum Gasteiger partial charge on any atom is 0.269 e. The molecule has 0 saturated heterocycles. The lowest BCUT2D eigenvalue weighted by atomic mass is 10.2. The third-order valence-corrected chi connectivity index (χ3v) is 5.78. The second-order valence-corrected chi connectivity index (χ2v) is 7.44. The molecule has 0 unspecified atom stereocenters. The van der Waals surface area contributed by atoms with Gasteiger partial charge >= 0.3 is 0 Å². The van der Waals surface area contributed by atoms with Crippen LogP contribution in [0.1, 0.15) is 0 Å². The van der Waals surface area contributed by atoms with E-state index in [1.54, 1.807) is 45.6 Å². The van der Waals surface area contributed by atoms with Crippen LogP contribution in [0, 0.1) is 10.1 Å². The maximum atomic E-state index is 10.9. The lowest BCUT2D eigenvalue weighted by Crippen LogP contribution is -1.99. The van der Waals surface area contributed by atoms with Crippen molar-refractivity contribution in [3.8, 4) is 27.7 Å². The number of nitro benzene ring substituents is 1. The number of non-ortho nitro benzene ring substituents is 1. The minimum atomic E-state index is -0.417. The topological polar surface area (TPSA) is 109 Å². The largest absolute Gasteiger partial charge is 0.493 e. The van der Waals surface area contributed by atoms with E-state index in [1.807, 2.05) is 6.07 Å². The summed E-state index contributed by atoms with van der Waals surface area (Å²) in [5, 5.41) is 14.2. The number of thiophene rings is 1. The van der Waals surface area contributed by atoms with Crippen molar-refractivity contribution in [3.63, 3.8) is 0 Å². The zero-order valence-electron chi connectivity index (χ0n) is 16.9. The molecule has 0 atom stereocenters. The van der Waals surface area contributed by atoms with Crippen LogP contribution in [0.25, 0.3) is 20.7 Å². The van der Waals surface area contributed by atoms with Gasteiger partial charge in [0.15, 0.2) is 17.3 Å². The van der Waals surface area contributed by atoms with Crippen molar-refractivity contribution in [1.29, 1.82) is 0 Å². The van der Waals surface area contributed by atoms with Gasteiger partial charge in [0.25, 0.3) is 5.69 Å². The molecule has 0 saturated carbocycles. The van der Waals surface area contributed by atoms with Gasteiger partial charge in [0.1, 0.15) is 6.33 Å². The normalized spacial score (nSPS) is 10.7. The Balaban J connectivity index is 1.72. The monoisotopic (exact) mass is 438 g/mol. The van der Waals surface area contributed by atoms with E-state index < -0.39 is 4.92 Å². The molecule has 0 fully saturated rings. The molecular formula is C21H18N4O5S. The predicted octanol–water partition coefficient (Wildman–Crippen LogP) is 5.04. The van der Waals surface area contributed by atoms with Crippen molar-refractivity contribution >= 4 is 38.7 Å². The number of anilines is 2. The van der Waals surface area contributed by atoms with Crippen molar-refractivity contribution < 1.29 is 19.1 Å². The van der Waals surface area contributed by atoms with E-state index >= 15 is 0 Å². The van der Waals surface area contributed by atoms with Crippen LogP contribution in [0.15, 0.2) is 48.8 Å². The summed E-state index contributed by atoms with van der Waals surface area (Å²) in [5.41, 5.74) is 2.39. The van der Waals surface area contributed by atoms with Gasteiger partial charge in [-0.25, -0.2) is 9.97 Å². The molecule has 158 valence electrons. The first-order valence-corrected chi connectivity index (χ1v) is 9.92. The second kappa shape index (κ2) is 8.44. The fourth-order valence-corrected chi connectivity index (χ4v) is 4.18. The Bertz CT molecular complexity index is 1230. The van der Waals surface area contributed by atoms with Gasteiger partial charge in [-0.05, 0) is 23.8 Å². The fraction of sp³-hybridized carbons (Fsp3) is 0.143. The van der Waals surface area contributed by atoms with Crippen molar-refractivity contribution in [3.05, 3.63) is 58.9 Å². The Kier molecular flexibility index (Phi) is 5.54. The molecule has 0 aliphatic carbocycles. The zero-order chi connectivity index (χ0) is 22.0. The van der Waals surface area contributed by atoms with Crippen LogP contribution >= 0.6 is 11.3 Å². The van der Waals surface area contributed by atoms with E-state index in [1.165, 1.54) is 29.8 Å². The number of ether oxygens (including phenoxy) is 3. The molecule has 10 heteroatoms. The van der Waals surface area contributed by atoms with Crippen LogP contribution in [-0.2, 0) is 0 Å². The van der Waals surface area contributed by atoms with Crippen molar-refractivity contribution in [1.82, 2.24) is 9.97 Å². The molecule has 2 aromatic carbocycles. The highest BCUT2D eigenvalue weighted by molar-refractivity contribution is 7.22. The SMILES string of the molecule is COc1cc(Nc2ncnc3cc(-c4ccc([N+](=O)[O-])cc4)sc23)cc(OC)c1OC. The number of hydrogen-bond acceptors (Lipinski definition) is 9. The third kappa shape index (κ3) is 3.92. The van der Waals surface area contributed by atoms with Crippen molar-refractivity contribution in [2.75, 3.05) is 26.6 Å². The first kappa shape index (κ1) is 20.4. The summed E-state index contributed by atoms with van der Waals surface area (Å²) in [6.07, 6.45) is 1.48. The van der Waals surface area contributed by atoms with E-state index in [0.717, 1.165) is 20.7 Å². The summed E-state index contributed by atoms with van der Waals surface area (Å²) in [4.78, 5) is 20.1. The Hall–Kier alpha value is -3.92. The first-order valence-electron chi connectivity index (χ1n) is 9.10. The standard InChI is InChI=1S/C21H18N4O5S/c1-28-16-8-13(9-17(29-2)19(16)30-3)24-21-20-15(22-11-23-21)10-18(31-20)12-4-6-14(7-5-12)25(26)27/h4-11H,1-3H3,(H,22,23,24). The van der Waals surface area contributed by atoms with E-state index in [0.29, 0.717) is 28.8 Å². The van der Waals surface area contributed by atoms with Crippen LogP contribution in [0.2, 0.25) is 0 Å². The predicted molar refractivity (Wildman–Crippen MR) is 119 cm³/mol. The molecule has 4 rings (SSSR count). The third-order valence-electron chi connectivity index (χ3n) is 4.60. The van der Waals surface area contributed by atoms with Crippen molar-refractivity contribution in [2.24, 2.45) is 0 Å². The van der Waals surface area contributed by atoms with Crippen LogP contribution in [0.5, 0.6) is 17.2 Å². The molecular weight excluding hydrogens is 420 g/mol. The highest BCUT2D eigenvalue weighted by atomic mass is 32.1. The Morgan fingerprint density at radius 2 is 1.65 bits per heavy atom. The van der Waals surface area contributed by atoms with Crippen LogP contribution in [0.3, 0.4) is 0 Å². The number of nitrogens with zero attached hydrogens (tertiary/aromatic N) is 3. The van der Waals surface area contributed by atoms with E-state index in [4.69, 9.17) is 14.2 Å². The molecule has 0 radical (unpaired) electrons. The van der Waals surface area contributed by atoms with E-state index in [-0.39, 0.29) is 5.69 Å². The molecule has 4 aromatic rings. The lowest BCUT2D eigenvalue weighted by Gasteiger charge is -2.15. The number of benzene rings is 2. The fourth-order valence-electron chi connectivity index (χ4n) is 3.12. The number of aromatic nitrogens is 2. The van der Waals surface area contributed by atoms with Gasteiger partial charge in [0.05, 0.1) is 36.5 Å². The van der Waals surface area contributed by atoms with Gasteiger partial charge in [-0.15, -0.1) is 11.3 Å². The van der Waals surface area contributed by atoms with Crippen LogP contribution in [0.4, 0.5) is 17.2 Å². The lowest BCUT2D eigenvalue weighted by molar-refractivity contribution is -0.384. The molecule has 31 heavy (non-hydrogen) atoms. The number of fused-ring (bicyclic) bond motifs is 1. The summed E-state index contributed by atoms with van der Waals surface area (Å²) in [7, 11) is 4.66. The number of methoxy groups -OCH3 is 3. The van der Waals surface area contributed by atoms with Gasteiger partial charge in [-0.3, -0.25) is 10.1 Å². The van der Waals surface area contributed by atoms with Gasteiger partial charge in [-0.1, -0.05) is 0 Å². The number of rotatable bonds is 7. The smallest absolute Gasteiger partial charge is 0.269 e. The molecule has 0 aliphatic rings. The summed E-state index contributed by atoms with van der Waals surface area (Å²) >= 11 is 1.49. The summed E-state index contributed by atoms with van der Waals surface area (Å²) < 4.78 is 17.0. The number of nitrogens with one attached hydrogen (secondary N) is 1. The molecule has 0 spiro atoms. The highest BCUT2D eigenvalue weighted by Crippen LogP contribution is 2.42. The minimum Gasteiger partial charge on any atom is -0.493 e. The number of hydrogen-bond donors (Lipinski definition) is 1. The summed E-state index contributed by atoms with van der Waals surface area (Å²) in [6, 6.07) is 11.9. The summed E-state index contributed by atoms with van der Waals surface area (Å²) in [5.74, 6) is 2.16. The zero-order valence-corrected chi connectivity index (χ0v) is 17.7. The molecule has 2 heterocycles. The van der Waals surface area contributed by atoms with Gasteiger partial charge < -0.3 is 19.5 Å². The Morgan fingerprint density at radius 1 is 0.968 bits per heavy atom. The van der Waals surface area contributed by atoms with E-state index in [2.05, 4.69) is 15.3 Å². The van der Waals surface area contributed by atoms with Gasteiger partial charge in [0.2, 0.25) is 5.75 Å². The van der Waals surface area contributed by atoms with Crippen LogP contribution < -0.4 is 19.5 Å². The molecule has 0 aliphatic heterocycles. The quantitative estimate of drug-likeness (QED) is 0.316. The molecule has 1 N–H and O–H groups in total. The Labute approximate surface area is 181 Å². The van der Waals surface area contributed by atoms with E-state index in [9.17, 15) is 10.1 Å². The average Bonchev–Trinajstić information content (AvgIpc) is 3.24. The Morgan fingerprint density at radius 3 is 2.23 bits per heavy atom. The van der Waals surface area contributed by atoms with Gasteiger partial charge in [0, 0.05) is 34.8 Å². The molecule has 0 amide bonds.